The van der Waals surface area contributed by atoms with Crippen LogP contribution in [0.1, 0.15) is 24.2 Å². The third-order valence-electron chi connectivity index (χ3n) is 5.03. The molecule has 7 heteroatoms. The monoisotopic (exact) mass is 369 g/mol. The fourth-order valence-corrected chi connectivity index (χ4v) is 3.33. The van der Waals surface area contributed by atoms with Crippen molar-refractivity contribution in [2.45, 2.75) is 25.8 Å². The van der Waals surface area contributed by atoms with Gasteiger partial charge in [0, 0.05) is 57.1 Å². The highest BCUT2D eigenvalue weighted by atomic mass is 16.2. The van der Waals surface area contributed by atoms with Crippen molar-refractivity contribution in [2.75, 3.05) is 19.6 Å². The molecule has 7 nitrogen and oxygen atoms in total. The molecule has 0 unspecified atom stereocenters. The largest absolute Gasteiger partial charge is 0.354 e. The first-order valence-corrected chi connectivity index (χ1v) is 9.44. The molecule has 2 N–H and O–H groups in total. The Morgan fingerprint density at radius 3 is 2.63 bits per heavy atom. The van der Waals surface area contributed by atoms with Crippen molar-refractivity contribution in [3.63, 3.8) is 0 Å². The van der Waals surface area contributed by atoms with E-state index in [1.165, 1.54) is 5.69 Å². The minimum atomic E-state index is -0.0449. The molecule has 2 aromatic rings. The number of amides is 3. The fourth-order valence-electron chi connectivity index (χ4n) is 3.33. The fraction of sp³-hybridized carbons (Fsp3) is 0.450. The first-order valence-electron chi connectivity index (χ1n) is 9.44. The number of pyridine rings is 1. The molecule has 1 aliphatic heterocycles. The summed E-state index contributed by atoms with van der Waals surface area (Å²) in [5, 5.41) is 5.92. The van der Waals surface area contributed by atoms with E-state index in [4.69, 9.17) is 0 Å². The summed E-state index contributed by atoms with van der Waals surface area (Å²) in [6.07, 6.45) is 5.91. The summed E-state index contributed by atoms with van der Waals surface area (Å²) in [5.74, 6) is 0.00514. The smallest absolute Gasteiger partial charge is 0.317 e. The van der Waals surface area contributed by atoms with Crippen LogP contribution in [-0.2, 0) is 24.8 Å². The van der Waals surface area contributed by atoms with E-state index in [9.17, 15) is 9.59 Å². The normalized spacial score (nSPS) is 14.8. The van der Waals surface area contributed by atoms with Gasteiger partial charge in [0.25, 0.3) is 0 Å². The van der Waals surface area contributed by atoms with Crippen molar-refractivity contribution < 1.29 is 9.59 Å². The van der Waals surface area contributed by atoms with Crippen LogP contribution < -0.4 is 10.6 Å². The zero-order valence-corrected chi connectivity index (χ0v) is 15.7. The van der Waals surface area contributed by atoms with Gasteiger partial charge in [-0.1, -0.05) is 6.07 Å². The quantitative estimate of drug-likeness (QED) is 0.813. The number of nitrogens with one attached hydrogen (secondary N) is 2. The van der Waals surface area contributed by atoms with Gasteiger partial charge in [-0.05, 0) is 37.1 Å². The van der Waals surface area contributed by atoms with Crippen LogP contribution in [0.3, 0.4) is 0 Å². The molecule has 3 heterocycles. The molecule has 0 bridgehead atoms. The molecule has 3 rings (SSSR count). The molecular formula is C20H27N5O2. The van der Waals surface area contributed by atoms with E-state index in [1.807, 2.05) is 37.5 Å². The van der Waals surface area contributed by atoms with Crippen molar-refractivity contribution in [1.82, 2.24) is 25.1 Å². The summed E-state index contributed by atoms with van der Waals surface area (Å²) in [6.45, 7) is 2.27. The maximum absolute atomic E-state index is 12.3. The molecule has 0 saturated carbocycles. The van der Waals surface area contributed by atoms with E-state index < -0.39 is 0 Å². The second kappa shape index (κ2) is 9.21. The Bertz CT molecular complexity index is 751. The van der Waals surface area contributed by atoms with Crippen LogP contribution in [0.15, 0.2) is 42.7 Å². The molecule has 0 atom stereocenters. The van der Waals surface area contributed by atoms with Gasteiger partial charge in [0.05, 0.1) is 12.2 Å². The molecule has 0 spiro atoms. The average Bonchev–Trinajstić information content (AvgIpc) is 3.12. The zero-order chi connectivity index (χ0) is 19.1. The van der Waals surface area contributed by atoms with E-state index in [-0.39, 0.29) is 17.9 Å². The van der Waals surface area contributed by atoms with E-state index in [1.54, 1.807) is 11.1 Å². The lowest BCUT2D eigenvalue weighted by atomic mass is 9.96. The number of likely N-dealkylation sites (tertiary alicyclic amines) is 1. The van der Waals surface area contributed by atoms with Gasteiger partial charge in [-0.3, -0.25) is 9.78 Å². The number of hydrogen-bond acceptors (Lipinski definition) is 3. The van der Waals surface area contributed by atoms with Gasteiger partial charge in [-0.2, -0.15) is 0 Å². The van der Waals surface area contributed by atoms with E-state index in [0.29, 0.717) is 39.0 Å². The third-order valence-corrected chi connectivity index (χ3v) is 5.03. The summed E-state index contributed by atoms with van der Waals surface area (Å²) >= 11 is 0. The molecule has 1 saturated heterocycles. The Hall–Kier alpha value is -2.83. The topological polar surface area (TPSA) is 79.3 Å². The number of nitrogens with zero attached hydrogens (tertiary/aromatic N) is 3. The highest BCUT2D eigenvalue weighted by molar-refractivity contribution is 5.79. The number of aryl methyl sites for hydroxylation is 1. The van der Waals surface area contributed by atoms with Crippen LogP contribution in [0.2, 0.25) is 0 Å². The highest BCUT2D eigenvalue weighted by Gasteiger charge is 2.27. The first kappa shape index (κ1) is 18.9. The molecule has 1 fully saturated rings. The molecule has 3 amide bonds. The lowest BCUT2D eigenvalue weighted by Crippen LogP contribution is -2.47. The molecule has 27 heavy (non-hydrogen) atoms. The SMILES string of the molecule is Cn1cccc1CCNC(=O)N1CCC(C(=O)NCc2ccccn2)CC1. The van der Waals surface area contributed by atoms with Gasteiger partial charge in [0.15, 0.2) is 0 Å². The Labute approximate surface area is 159 Å². The molecular weight excluding hydrogens is 342 g/mol. The van der Waals surface area contributed by atoms with Crippen molar-refractivity contribution in [3.05, 3.63) is 54.1 Å². The molecule has 2 aromatic heterocycles. The Morgan fingerprint density at radius 2 is 1.96 bits per heavy atom. The van der Waals surface area contributed by atoms with Crippen LogP contribution in [0, 0.1) is 5.92 Å². The van der Waals surface area contributed by atoms with Crippen LogP contribution in [0.25, 0.3) is 0 Å². The predicted octanol–water partition coefficient (Wildman–Crippen LogP) is 1.70. The van der Waals surface area contributed by atoms with Gasteiger partial charge in [0.1, 0.15) is 0 Å². The average molecular weight is 369 g/mol. The summed E-state index contributed by atoms with van der Waals surface area (Å²) in [7, 11) is 2.00. The number of carbonyl (C=O) groups excluding carboxylic acids is 2. The van der Waals surface area contributed by atoms with E-state index in [0.717, 1.165) is 12.1 Å². The van der Waals surface area contributed by atoms with Crippen LogP contribution >= 0.6 is 0 Å². The van der Waals surface area contributed by atoms with Gasteiger partial charge in [-0.15, -0.1) is 0 Å². The van der Waals surface area contributed by atoms with E-state index in [2.05, 4.69) is 26.3 Å². The maximum atomic E-state index is 12.3. The second-order valence-electron chi connectivity index (χ2n) is 6.89. The molecule has 0 radical (unpaired) electrons. The van der Waals surface area contributed by atoms with Crippen molar-refractivity contribution in [1.29, 1.82) is 0 Å². The van der Waals surface area contributed by atoms with Crippen LogP contribution in [-0.4, -0.2) is 46.0 Å². The number of aromatic nitrogens is 2. The van der Waals surface area contributed by atoms with Gasteiger partial charge >= 0.3 is 6.03 Å². The van der Waals surface area contributed by atoms with Gasteiger partial charge < -0.3 is 20.1 Å². The van der Waals surface area contributed by atoms with Crippen LogP contribution in [0.5, 0.6) is 0 Å². The molecule has 1 aliphatic rings. The highest BCUT2D eigenvalue weighted by Crippen LogP contribution is 2.17. The Kier molecular flexibility index (Phi) is 6.46. The van der Waals surface area contributed by atoms with Gasteiger partial charge in [0.2, 0.25) is 5.91 Å². The summed E-state index contributed by atoms with van der Waals surface area (Å²) < 4.78 is 2.06. The summed E-state index contributed by atoms with van der Waals surface area (Å²) in [5.41, 5.74) is 2.04. The molecule has 0 aliphatic carbocycles. The summed E-state index contributed by atoms with van der Waals surface area (Å²) in [4.78, 5) is 30.6. The standard InChI is InChI=1S/C20H27N5O2/c1-24-12-4-6-18(24)7-11-22-20(27)25-13-8-16(9-14-25)19(26)23-15-17-5-2-3-10-21-17/h2-6,10,12,16H,7-9,11,13-15H2,1H3,(H,22,27)(H,23,26). The molecule has 0 aromatic carbocycles. The Morgan fingerprint density at radius 1 is 1.15 bits per heavy atom. The van der Waals surface area contributed by atoms with Crippen LogP contribution in [0.4, 0.5) is 4.79 Å². The zero-order valence-electron chi connectivity index (χ0n) is 15.7. The third kappa shape index (κ3) is 5.32. The minimum absolute atomic E-state index is 0.0406. The maximum Gasteiger partial charge on any atom is 0.317 e. The number of urea groups is 1. The number of piperidine rings is 1. The molecule has 144 valence electrons. The van der Waals surface area contributed by atoms with E-state index >= 15 is 0 Å². The Balaban J connectivity index is 1.35. The predicted molar refractivity (Wildman–Crippen MR) is 103 cm³/mol. The van der Waals surface area contributed by atoms with Crippen molar-refractivity contribution >= 4 is 11.9 Å². The lowest BCUT2D eigenvalue weighted by Gasteiger charge is -2.31. The number of rotatable bonds is 6. The van der Waals surface area contributed by atoms with Crippen molar-refractivity contribution in [2.24, 2.45) is 13.0 Å². The second-order valence-corrected chi connectivity index (χ2v) is 6.89. The summed E-state index contributed by atoms with van der Waals surface area (Å²) in [6, 6.07) is 9.66. The lowest BCUT2D eigenvalue weighted by molar-refractivity contribution is -0.126. The number of carbonyl (C=O) groups is 2. The number of hydrogen-bond donors (Lipinski definition) is 2. The van der Waals surface area contributed by atoms with Gasteiger partial charge in [-0.25, -0.2) is 4.79 Å². The van der Waals surface area contributed by atoms with Crippen molar-refractivity contribution in [3.8, 4) is 0 Å². The first-order chi connectivity index (χ1) is 13.1. The minimum Gasteiger partial charge on any atom is -0.354 e.